The van der Waals surface area contributed by atoms with Gasteiger partial charge in [-0.25, -0.2) is 0 Å². The van der Waals surface area contributed by atoms with E-state index in [0.717, 1.165) is 6.54 Å². The van der Waals surface area contributed by atoms with E-state index in [4.69, 9.17) is 10.5 Å². The fourth-order valence-corrected chi connectivity index (χ4v) is 0.800. The summed E-state index contributed by atoms with van der Waals surface area (Å²) in [7, 11) is 1.95. The highest BCUT2D eigenvalue weighted by Crippen LogP contribution is 1.95. The number of benzene rings is 1. The number of hydrogen-bond donors (Lipinski definition) is 1. The van der Waals surface area contributed by atoms with E-state index in [0.29, 0.717) is 0 Å². The lowest BCUT2D eigenvalue weighted by molar-refractivity contribution is 0.818. The van der Waals surface area contributed by atoms with Gasteiger partial charge in [-0.2, -0.15) is 10.5 Å². The Morgan fingerprint density at radius 1 is 1.15 bits per heavy atom. The fraction of sp³-hybridized carbons (Fsp3) is 0.200. The minimum absolute atomic E-state index is 0.959. The lowest BCUT2D eigenvalue weighted by atomic mass is 10.2. The first-order valence-electron chi connectivity index (χ1n) is 3.82. The smallest absolute Gasteiger partial charge is 0.181 e. The van der Waals surface area contributed by atoms with Crippen molar-refractivity contribution in [1.29, 1.82) is 10.5 Å². The van der Waals surface area contributed by atoms with Crippen molar-refractivity contribution >= 4 is 0 Å². The van der Waals surface area contributed by atoms with Crippen molar-refractivity contribution in [2.24, 2.45) is 0 Å². The Morgan fingerprint density at radius 3 is 2.08 bits per heavy atom. The summed E-state index contributed by atoms with van der Waals surface area (Å²) in [6.45, 7) is 0.959. The van der Waals surface area contributed by atoms with Crippen LogP contribution in [0.1, 0.15) is 5.56 Å². The number of nitrogens with one attached hydrogen (secondary N) is 1. The average molecular weight is 173 g/mol. The van der Waals surface area contributed by atoms with Gasteiger partial charge in [-0.05, 0) is 12.6 Å². The molecule has 3 nitrogen and oxygen atoms in total. The maximum atomic E-state index is 7.26. The first-order chi connectivity index (χ1) is 6.35. The van der Waals surface area contributed by atoms with Gasteiger partial charge in [-0.1, -0.05) is 30.3 Å². The van der Waals surface area contributed by atoms with E-state index < -0.39 is 0 Å². The molecule has 0 fully saturated rings. The zero-order valence-electron chi connectivity index (χ0n) is 7.49. The van der Waals surface area contributed by atoms with Crippen molar-refractivity contribution in [1.82, 2.24) is 5.32 Å². The van der Waals surface area contributed by atoms with E-state index in [1.165, 1.54) is 17.7 Å². The van der Waals surface area contributed by atoms with Crippen molar-refractivity contribution in [3.63, 3.8) is 0 Å². The molecular weight excluding hydrogens is 162 g/mol. The molecule has 0 spiro atoms. The molecule has 0 saturated carbocycles. The number of nitrogens with zero attached hydrogens (tertiary/aromatic N) is 2. The number of rotatable bonds is 2. The molecule has 0 atom stereocenters. The molecule has 0 unspecified atom stereocenters. The summed E-state index contributed by atoms with van der Waals surface area (Å²) in [6.07, 6.45) is 0. The zero-order valence-corrected chi connectivity index (χ0v) is 7.49. The fourth-order valence-electron chi connectivity index (χ4n) is 0.800. The molecule has 0 heterocycles. The molecule has 0 radical (unpaired) electrons. The van der Waals surface area contributed by atoms with E-state index in [9.17, 15) is 0 Å². The van der Waals surface area contributed by atoms with Gasteiger partial charge in [0, 0.05) is 6.54 Å². The Bertz CT molecular complexity index is 280. The molecule has 0 aliphatic heterocycles. The van der Waals surface area contributed by atoms with Crippen LogP contribution in [0, 0.1) is 22.7 Å². The monoisotopic (exact) mass is 173 g/mol. The zero-order chi connectivity index (χ0) is 9.94. The molecule has 13 heavy (non-hydrogen) atoms. The van der Waals surface area contributed by atoms with Crippen LogP contribution in [0.15, 0.2) is 30.3 Å². The second kappa shape index (κ2) is 8.26. The van der Waals surface area contributed by atoms with Crippen LogP contribution in [0.25, 0.3) is 0 Å². The lowest BCUT2D eigenvalue weighted by Gasteiger charge is -1.95. The van der Waals surface area contributed by atoms with Gasteiger partial charge in [0.2, 0.25) is 0 Å². The first kappa shape index (κ1) is 11.2. The summed E-state index contributed by atoms with van der Waals surface area (Å²) in [4.78, 5) is 0. The molecule has 1 N–H and O–H groups in total. The summed E-state index contributed by atoms with van der Waals surface area (Å²) in [5, 5.41) is 17.6. The molecule has 0 amide bonds. The molecule has 0 aromatic heterocycles. The highest BCUT2D eigenvalue weighted by Gasteiger charge is 1.83. The minimum Gasteiger partial charge on any atom is -0.316 e. The molecule has 1 aromatic rings. The Hall–Kier alpha value is -1.84. The Kier molecular flexibility index (Phi) is 7.09. The summed E-state index contributed by atoms with van der Waals surface area (Å²) in [5.41, 5.74) is 1.33. The molecule has 0 saturated heterocycles. The molecule has 0 bridgehead atoms. The molecule has 66 valence electrons. The van der Waals surface area contributed by atoms with Crippen LogP contribution in [0.5, 0.6) is 0 Å². The Labute approximate surface area is 78.2 Å². The van der Waals surface area contributed by atoms with Gasteiger partial charge in [0.1, 0.15) is 0 Å². The summed E-state index contributed by atoms with van der Waals surface area (Å²) in [5.74, 6) is 0. The molecule has 0 aliphatic carbocycles. The van der Waals surface area contributed by atoms with Crippen LogP contribution in [0.3, 0.4) is 0 Å². The highest BCUT2D eigenvalue weighted by atomic mass is 14.8. The predicted molar refractivity (Wildman–Crippen MR) is 50.4 cm³/mol. The maximum Gasteiger partial charge on any atom is 0.181 e. The standard InChI is InChI=1S/C8H11N.C2N2/c1-9-7-8-5-3-2-4-6-8;3-1-2-4/h2-6,9H,7H2,1H3;. The molecule has 1 aromatic carbocycles. The molecular formula is C10H11N3. The minimum atomic E-state index is 0.959. The number of nitriles is 2. The van der Waals surface area contributed by atoms with Gasteiger partial charge in [-0.15, -0.1) is 0 Å². The second-order valence-electron chi connectivity index (χ2n) is 2.24. The van der Waals surface area contributed by atoms with Crippen LogP contribution in [0.4, 0.5) is 0 Å². The largest absolute Gasteiger partial charge is 0.316 e. The molecule has 3 heteroatoms. The van der Waals surface area contributed by atoms with Crippen LogP contribution < -0.4 is 5.32 Å². The van der Waals surface area contributed by atoms with Crippen molar-refractivity contribution in [3.8, 4) is 12.1 Å². The van der Waals surface area contributed by atoms with Crippen molar-refractivity contribution in [3.05, 3.63) is 35.9 Å². The second-order valence-corrected chi connectivity index (χ2v) is 2.24. The quantitative estimate of drug-likeness (QED) is 0.736. The van der Waals surface area contributed by atoms with Gasteiger partial charge in [-0.3, -0.25) is 0 Å². The lowest BCUT2D eigenvalue weighted by Crippen LogP contribution is -2.04. The average Bonchev–Trinajstić information content (AvgIpc) is 2.20. The topological polar surface area (TPSA) is 59.6 Å². The van der Waals surface area contributed by atoms with E-state index >= 15 is 0 Å². The van der Waals surface area contributed by atoms with Crippen LogP contribution in [-0.4, -0.2) is 7.05 Å². The number of hydrogen-bond acceptors (Lipinski definition) is 3. The Balaban J connectivity index is 0.000000310. The maximum absolute atomic E-state index is 7.26. The van der Waals surface area contributed by atoms with Gasteiger partial charge in [0.15, 0.2) is 12.1 Å². The first-order valence-corrected chi connectivity index (χ1v) is 3.82. The van der Waals surface area contributed by atoms with Gasteiger partial charge in [0.25, 0.3) is 0 Å². The predicted octanol–water partition coefficient (Wildman–Crippen LogP) is 1.44. The van der Waals surface area contributed by atoms with E-state index in [-0.39, 0.29) is 0 Å². The third kappa shape index (κ3) is 6.55. The molecule has 0 aliphatic rings. The van der Waals surface area contributed by atoms with E-state index in [1.807, 2.05) is 25.2 Å². The van der Waals surface area contributed by atoms with Crippen LogP contribution in [-0.2, 0) is 6.54 Å². The van der Waals surface area contributed by atoms with Crippen LogP contribution in [0.2, 0.25) is 0 Å². The van der Waals surface area contributed by atoms with Crippen molar-refractivity contribution in [2.45, 2.75) is 6.54 Å². The SMILES string of the molecule is CNCc1ccccc1.N#CC#N. The summed E-state index contributed by atoms with van der Waals surface area (Å²) >= 11 is 0. The van der Waals surface area contributed by atoms with E-state index in [2.05, 4.69) is 17.4 Å². The van der Waals surface area contributed by atoms with Crippen molar-refractivity contribution in [2.75, 3.05) is 7.05 Å². The van der Waals surface area contributed by atoms with E-state index in [1.54, 1.807) is 0 Å². The summed E-state index contributed by atoms with van der Waals surface area (Å²) in [6, 6.07) is 12.8. The normalized spacial score (nSPS) is 7.31. The third-order valence-corrected chi connectivity index (χ3v) is 1.27. The Morgan fingerprint density at radius 2 is 1.69 bits per heavy atom. The van der Waals surface area contributed by atoms with Gasteiger partial charge in [0.05, 0.1) is 0 Å². The van der Waals surface area contributed by atoms with Gasteiger partial charge >= 0.3 is 0 Å². The van der Waals surface area contributed by atoms with Crippen LogP contribution >= 0.6 is 0 Å². The third-order valence-electron chi connectivity index (χ3n) is 1.27. The van der Waals surface area contributed by atoms with Gasteiger partial charge < -0.3 is 5.32 Å². The van der Waals surface area contributed by atoms with Crippen molar-refractivity contribution < 1.29 is 0 Å². The highest BCUT2D eigenvalue weighted by molar-refractivity contribution is 5.13. The molecule has 1 rings (SSSR count). The summed E-state index contributed by atoms with van der Waals surface area (Å²) < 4.78 is 0.